The Kier molecular flexibility index (Phi) is 4.28. The molecule has 1 fully saturated rings. The second kappa shape index (κ2) is 5.94. The second-order valence-electron chi connectivity index (χ2n) is 5.26. The van der Waals surface area contributed by atoms with Crippen molar-refractivity contribution in [2.75, 3.05) is 37.3 Å². The molecule has 0 radical (unpaired) electrons. The van der Waals surface area contributed by atoms with Gasteiger partial charge in [-0.15, -0.1) is 0 Å². The minimum absolute atomic E-state index is 0.461. The fourth-order valence-corrected chi connectivity index (χ4v) is 2.80. The molecule has 1 atom stereocenters. The zero-order valence-corrected chi connectivity index (χ0v) is 11.8. The van der Waals surface area contributed by atoms with E-state index in [-0.39, 0.29) is 0 Å². The summed E-state index contributed by atoms with van der Waals surface area (Å²) in [7, 11) is 2.17. The lowest BCUT2D eigenvalue weighted by Gasteiger charge is -2.33. The Morgan fingerprint density at radius 2 is 2.21 bits per heavy atom. The molecule has 0 amide bonds. The molecule has 19 heavy (non-hydrogen) atoms. The van der Waals surface area contributed by atoms with Crippen LogP contribution in [0.5, 0.6) is 0 Å². The molecule has 1 aliphatic heterocycles. The molecular formula is C15H22N4. The summed E-state index contributed by atoms with van der Waals surface area (Å²) in [6.07, 6.45) is 2.21. The number of hydrogen-bond donors (Lipinski definition) is 1. The predicted molar refractivity (Wildman–Crippen MR) is 79.1 cm³/mol. The highest BCUT2D eigenvalue weighted by Gasteiger charge is 2.23. The zero-order valence-electron chi connectivity index (χ0n) is 11.8. The molecule has 1 aromatic carbocycles. The largest absolute Gasteiger partial charge is 0.399 e. The van der Waals surface area contributed by atoms with E-state index in [1.165, 1.54) is 0 Å². The molecule has 1 unspecified atom stereocenters. The van der Waals surface area contributed by atoms with Gasteiger partial charge in [-0.25, -0.2) is 0 Å². The Morgan fingerprint density at radius 1 is 1.42 bits per heavy atom. The highest BCUT2D eigenvalue weighted by molar-refractivity contribution is 5.65. The van der Waals surface area contributed by atoms with E-state index < -0.39 is 0 Å². The molecule has 1 heterocycles. The quantitative estimate of drug-likeness (QED) is 0.825. The van der Waals surface area contributed by atoms with Gasteiger partial charge in [-0.1, -0.05) is 6.92 Å². The molecule has 2 rings (SSSR count). The first-order valence-electron chi connectivity index (χ1n) is 6.90. The SMILES string of the molecule is CCC1CN(C)CCCN1c1ccc(N)cc1C#N. The fraction of sp³-hybridized carbons (Fsp3) is 0.533. The van der Waals surface area contributed by atoms with Gasteiger partial charge in [0.25, 0.3) is 0 Å². The van der Waals surface area contributed by atoms with Crippen LogP contribution in [0.2, 0.25) is 0 Å². The average molecular weight is 258 g/mol. The number of nitriles is 1. The van der Waals surface area contributed by atoms with Crippen molar-refractivity contribution in [3.8, 4) is 6.07 Å². The van der Waals surface area contributed by atoms with Crippen molar-refractivity contribution in [1.29, 1.82) is 5.26 Å². The molecule has 4 heteroatoms. The van der Waals surface area contributed by atoms with E-state index in [1.807, 2.05) is 12.1 Å². The van der Waals surface area contributed by atoms with Crippen LogP contribution >= 0.6 is 0 Å². The number of likely N-dealkylation sites (N-methyl/N-ethyl adjacent to an activating group) is 1. The van der Waals surface area contributed by atoms with Gasteiger partial charge in [0.15, 0.2) is 0 Å². The zero-order chi connectivity index (χ0) is 13.8. The molecule has 0 aliphatic carbocycles. The third-order valence-electron chi connectivity index (χ3n) is 3.82. The van der Waals surface area contributed by atoms with E-state index >= 15 is 0 Å². The molecule has 102 valence electrons. The topological polar surface area (TPSA) is 56.3 Å². The predicted octanol–water partition coefficient (Wildman–Crippen LogP) is 2.06. The van der Waals surface area contributed by atoms with Gasteiger partial charge in [0.2, 0.25) is 0 Å². The minimum atomic E-state index is 0.461. The summed E-state index contributed by atoms with van der Waals surface area (Å²) in [4.78, 5) is 4.75. The van der Waals surface area contributed by atoms with E-state index in [0.717, 1.165) is 38.2 Å². The smallest absolute Gasteiger partial charge is 0.101 e. The Bertz CT molecular complexity index is 478. The van der Waals surface area contributed by atoms with Crippen molar-refractivity contribution < 1.29 is 0 Å². The summed E-state index contributed by atoms with van der Waals surface area (Å²) in [5.74, 6) is 0. The van der Waals surface area contributed by atoms with Crippen molar-refractivity contribution in [2.45, 2.75) is 25.8 Å². The van der Waals surface area contributed by atoms with Crippen molar-refractivity contribution >= 4 is 11.4 Å². The van der Waals surface area contributed by atoms with Crippen LogP contribution in [0.3, 0.4) is 0 Å². The Morgan fingerprint density at radius 3 is 2.89 bits per heavy atom. The summed E-state index contributed by atoms with van der Waals surface area (Å²) in [5, 5.41) is 9.31. The highest BCUT2D eigenvalue weighted by atomic mass is 15.2. The average Bonchev–Trinajstić information content (AvgIpc) is 2.60. The first kappa shape index (κ1) is 13.7. The molecule has 2 N–H and O–H groups in total. The van der Waals surface area contributed by atoms with Gasteiger partial charge in [-0.05, 0) is 44.6 Å². The van der Waals surface area contributed by atoms with Crippen LogP contribution in [0, 0.1) is 11.3 Å². The summed E-state index contributed by atoms with van der Waals surface area (Å²) in [5.41, 5.74) is 8.14. The van der Waals surface area contributed by atoms with Crippen molar-refractivity contribution in [2.24, 2.45) is 0 Å². The van der Waals surface area contributed by atoms with E-state index in [4.69, 9.17) is 5.73 Å². The normalized spacial score (nSPS) is 20.9. The van der Waals surface area contributed by atoms with Crippen molar-refractivity contribution in [3.05, 3.63) is 23.8 Å². The molecule has 0 aromatic heterocycles. The number of anilines is 2. The van der Waals surface area contributed by atoms with E-state index in [1.54, 1.807) is 6.07 Å². The molecular weight excluding hydrogens is 236 g/mol. The first-order chi connectivity index (χ1) is 9.15. The summed E-state index contributed by atoms with van der Waals surface area (Å²) in [6, 6.07) is 8.38. The third-order valence-corrected chi connectivity index (χ3v) is 3.82. The van der Waals surface area contributed by atoms with Crippen LogP contribution in [0.15, 0.2) is 18.2 Å². The molecule has 1 saturated heterocycles. The van der Waals surface area contributed by atoms with E-state index in [2.05, 4.69) is 29.8 Å². The van der Waals surface area contributed by atoms with Gasteiger partial charge in [-0.3, -0.25) is 0 Å². The number of nitrogens with zero attached hydrogens (tertiary/aromatic N) is 3. The van der Waals surface area contributed by atoms with E-state index in [0.29, 0.717) is 17.3 Å². The van der Waals surface area contributed by atoms with Crippen molar-refractivity contribution in [3.63, 3.8) is 0 Å². The van der Waals surface area contributed by atoms with Gasteiger partial charge in [-0.2, -0.15) is 5.26 Å². The van der Waals surface area contributed by atoms with Crippen molar-refractivity contribution in [1.82, 2.24) is 4.90 Å². The molecule has 0 bridgehead atoms. The Hall–Kier alpha value is -1.73. The fourth-order valence-electron chi connectivity index (χ4n) is 2.80. The van der Waals surface area contributed by atoms with Crippen LogP contribution in [0.4, 0.5) is 11.4 Å². The lowest BCUT2D eigenvalue weighted by molar-refractivity contribution is 0.328. The van der Waals surface area contributed by atoms with Gasteiger partial charge in [0.1, 0.15) is 6.07 Å². The molecule has 1 aliphatic rings. The Labute approximate surface area is 115 Å². The number of rotatable bonds is 2. The Balaban J connectivity index is 2.35. The third kappa shape index (κ3) is 2.99. The molecule has 1 aromatic rings. The van der Waals surface area contributed by atoms with Crippen LogP contribution in [0.25, 0.3) is 0 Å². The second-order valence-corrected chi connectivity index (χ2v) is 5.26. The molecule has 4 nitrogen and oxygen atoms in total. The maximum atomic E-state index is 9.31. The molecule has 0 spiro atoms. The minimum Gasteiger partial charge on any atom is -0.399 e. The number of nitrogen functional groups attached to an aromatic ring is 1. The standard InChI is InChI=1S/C15H22N4/c1-3-14-11-18(2)7-4-8-19(14)15-6-5-13(17)9-12(15)10-16/h5-6,9,14H,3-4,7-8,11,17H2,1-2H3. The van der Waals surface area contributed by atoms with Crippen LogP contribution in [-0.4, -0.2) is 37.6 Å². The van der Waals surface area contributed by atoms with Crippen LogP contribution in [-0.2, 0) is 0 Å². The van der Waals surface area contributed by atoms with Crippen LogP contribution in [0.1, 0.15) is 25.3 Å². The number of benzene rings is 1. The molecule has 0 saturated carbocycles. The maximum Gasteiger partial charge on any atom is 0.101 e. The maximum absolute atomic E-state index is 9.31. The van der Waals surface area contributed by atoms with Gasteiger partial charge in [0.05, 0.1) is 11.3 Å². The van der Waals surface area contributed by atoms with Gasteiger partial charge >= 0.3 is 0 Å². The number of hydrogen-bond acceptors (Lipinski definition) is 4. The first-order valence-corrected chi connectivity index (χ1v) is 6.90. The highest BCUT2D eigenvalue weighted by Crippen LogP contribution is 2.27. The lowest BCUT2D eigenvalue weighted by atomic mass is 10.1. The number of nitrogens with two attached hydrogens (primary N) is 1. The summed E-state index contributed by atoms with van der Waals surface area (Å²) < 4.78 is 0. The van der Waals surface area contributed by atoms with Gasteiger partial charge in [0, 0.05) is 24.8 Å². The van der Waals surface area contributed by atoms with E-state index in [9.17, 15) is 5.26 Å². The van der Waals surface area contributed by atoms with Crippen LogP contribution < -0.4 is 10.6 Å². The monoisotopic (exact) mass is 258 g/mol. The summed E-state index contributed by atoms with van der Waals surface area (Å²) >= 11 is 0. The summed E-state index contributed by atoms with van der Waals surface area (Å²) in [6.45, 7) is 5.37. The lowest BCUT2D eigenvalue weighted by Crippen LogP contribution is -2.40. The van der Waals surface area contributed by atoms with Gasteiger partial charge < -0.3 is 15.5 Å².